The standard InChI is InChI=1S/C10H13N2O5P/c13-18(14,15)4-3-11-12-6-8-1-2-9-10(5-8)17-7-16-9/h1-2,5-6,11H,3-4,7H2,(H2,13,14,15)/b12-6+. The smallest absolute Gasteiger partial charge is 0.327 e. The summed E-state index contributed by atoms with van der Waals surface area (Å²) in [4.78, 5) is 17.3. The average Bonchev–Trinajstić information content (AvgIpc) is 2.74. The van der Waals surface area contributed by atoms with Crippen molar-refractivity contribution >= 4 is 13.8 Å². The summed E-state index contributed by atoms with van der Waals surface area (Å²) < 4.78 is 20.9. The van der Waals surface area contributed by atoms with Gasteiger partial charge in [0.2, 0.25) is 6.79 Å². The van der Waals surface area contributed by atoms with Gasteiger partial charge in [0, 0.05) is 6.54 Å². The molecule has 2 rings (SSSR count). The molecule has 0 unspecified atom stereocenters. The molecule has 7 nitrogen and oxygen atoms in total. The maximum absolute atomic E-state index is 10.6. The Morgan fingerprint density at radius 3 is 2.94 bits per heavy atom. The van der Waals surface area contributed by atoms with Gasteiger partial charge in [0.05, 0.1) is 12.4 Å². The average molecular weight is 272 g/mol. The molecule has 0 aliphatic carbocycles. The summed E-state index contributed by atoms with van der Waals surface area (Å²) in [7, 11) is -3.96. The highest BCUT2D eigenvalue weighted by atomic mass is 31.2. The second-order valence-corrected chi connectivity index (χ2v) is 5.44. The molecular weight excluding hydrogens is 259 g/mol. The summed E-state index contributed by atoms with van der Waals surface area (Å²) in [6.45, 7) is 0.335. The van der Waals surface area contributed by atoms with Crippen LogP contribution in [-0.4, -0.2) is 35.5 Å². The topological polar surface area (TPSA) is 100 Å². The number of fused-ring (bicyclic) bond motifs is 1. The maximum atomic E-state index is 10.6. The number of benzene rings is 1. The van der Waals surface area contributed by atoms with Crippen LogP contribution in [-0.2, 0) is 4.57 Å². The Labute approximate surface area is 104 Å². The van der Waals surface area contributed by atoms with Crippen molar-refractivity contribution in [1.29, 1.82) is 0 Å². The van der Waals surface area contributed by atoms with Gasteiger partial charge in [-0.1, -0.05) is 0 Å². The van der Waals surface area contributed by atoms with Crippen molar-refractivity contribution in [1.82, 2.24) is 5.43 Å². The van der Waals surface area contributed by atoms with E-state index in [1.807, 2.05) is 6.07 Å². The van der Waals surface area contributed by atoms with E-state index in [0.29, 0.717) is 11.5 Å². The second-order valence-electron chi connectivity index (χ2n) is 3.67. The van der Waals surface area contributed by atoms with Gasteiger partial charge in [-0.2, -0.15) is 5.10 Å². The van der Waals surface area contributed by atoms with Gasteiger partial charge in [-0.05, 0) is 23.8 Å². The molecule has 0 radical (unpaired) electrons. The van der Waals surface area contributed by atoms with E-state index in [9.17, 15) is 4.57 Å². The number of rotatable bonds is 5. The molecule has 1 aromatic carbocycles. The lowest BCUT2D eigenvalue weighted by molar-refractivity contribution is 0.174. The lowest BCUT2D eigenvalue weighted by Crippen LogP contribution is -2.12. The van der Waals surface area contributed by atoms with E-state index in [-0.39, 0.29) is 19.5 Å². The van der Waals surface area contributed by atoms with E-state index in [4.69, 9.17) is 19.3 Å². The summed E-state index contributed by atoms with van der Waals surface area (Å²) >= 11 is 0. The molecule has 0 atom stereocenters. The first-order valence-electron chi connectivity index (χ1n) is 5.25. The zero-order valence-electron chi connectivity index (χ0n) is 9.44. The molecule has 1 aliphatic heterocycles. The normalized spacial score (nSPS) is 14.1. The SMILES string of the molecule is O=P(O)(O)CCN/N=C/c1ccc2c(c1)OCO2. The van der Waals surface area contributed by atoms with Gasteiger partial charge in [0.15, 0.2) is 11.5 Å². The van der Waals surface area contributed by atoms with Crippen LogP contribution in [0, 0.1) is 0 Å². The third kappa shape index (κ3) is 3.73. The molecular formula is C10H13N2O5P. The van der Waals surface area contributed by atoms with Crippen molar-refractivity contribution in [3.8, 4) is 11.5 Å². The van der Waals surface area contributed by atoms with Crippen LogP contribution in [0.25, 0.3) is 0 Å². The van der Waals surface area contributed by atoms with Gasteiger partial charge in [-0.3, -0.25) is 4.57 Å². The van der Waals surface area contributed by atoms with Gasteiger partial charge >= 0.3 is 7.60 Å². The van der Waals surface area contributed by atoms with E-state index in [1.165, 1.54) is 0 Å². The van der Waals surface area contributed by atoms with Gasteiger partial charge in [0.1, 0.15) is 0 Å². The van der Waals surface area contributed by atoms with Crippen molar-refractivity contribution in [2.75, 3.05) is 19.5 Å². The fraction of sp³-hybridized carbons (Fsp3) is 0.300. The molecule has 1 aliphatic rings. The van der Waals surface area contributed by atoms with Crippen LogP contribution < -0.4 is 14.9 Å². The molecule has 98 valence electrons. The van der Waals surface area contributed by atoms with Crippen molar-refractivity contribution in [3.63, 3.8) is 0 Å². The van der Waals surface area contributed by atoms with E-state index in [0.717, 1.165) is 5.56 Å². The predicted octanol–water partition coefficient (Wildman–Crippen LogP) is 0.516. The molecule has 8 heteroatoms. The second kappa shape index (κ2) is 5.39. The minimum Gasteiger partial charge on any atom is -0.454 e. The molecule has 0 saturated heterocycles. The molecule has 0 aromatic heterocycles. The molecule has 0 fully saturated rings. The van der Waals surface area contributed by atoms with Gasteiger partial charge < -0.3 is 24.7 Å². The van der Waals surface area contributed by atoms with E-state index >= 15 is 0 Å². The molecule has 18 heavy (non-hydrogen) atoms. The Kier molecular flexibility index (Phi) is 3.86. The van der Waals surface area contributed by atoms with Crippen LogP contribution in [0.15, 0.2) is 23.3 Å². The number of hydrazone groups is 1. The number of hydrogen-bond acceptors (Lipinski definition) is 5. The number of nitrogens with zero attached hydrogens (tertiary/aromatic N) is 1. The summed E-state index contributed by atoms with van der Waals surface area (Å²) in [6.07, 6.45) is 1.30. The minimum atomic E-state index is -3.96. The quantitative estimate of drug-likeness (QED) is 0.312. The van der Waals surface area contributed by atoms with Crippen molar-refractivity contribution in [2.45, 2.75) is 0 Å². The first-order valence-corrected chi connectivity index (χ1v) is 7.04. The van der Waals surface area contributed by atoms with Crippen LogP contribution in [0.1, 0.15) is 5.56 Å². The molecule has 0 spiro atoms. The molecule has 1 aromatic rings. The van der Waals surface area contributed by atoms with Crippen LogP contribution in [0.2, 0.25) is 0 Å². The molecule has 1 heterocycles. The summed E-state index contributed by atoms with van der Waals surface area (Å²) in [5, 5.41) is 3.86. The Balaban J connectivity index is 1.84. The Hall–Kier alpha value is -1.56. The number of hydrogen-bond donors (Lipinski definition) is 3. The summed E-state index contributed by atoms with van der Waals surface area (Å²) in [6, 6.07) is 5.36. The molecule has 3 N–H and O–H groups in total. The largest absolute Gasteiger partial charge is 0.454 e. The van der Waals surface area contributed by atoms with E-state index in [1.54, 1.807) is 18.3 Å². The highest BCUT2D eigenvalue weighted by Gasteiger charge is 2.12. The van der Waals surface area contributed by atoms with E-state index < -0.39 is 7.60 Å². The fourth-order valence-electron chi connectivity index (χ4n) is 1.37. The molecule has 0 amide bonds. The monoisotopic (exact) mass is 272 g/mol. The highest BCUT2D eigenvalue weighted by molar-refractivity contribution is 7.51. The molecule has 0 bridgehead atoms. The number of ether oxygens (including phenoxy) is 2. The Morgan fingerprint density at radius 1 is 1.39 bits per heavy atom. The van der Waals surface area contributed by atoms with Gasteiger partial charge in [-0.15, -0.1) is 0 Å². The van der Waals surface area contributed by atoms with E-state index in [2.05, 4.69) is 10.5 Å². The fourth-order valence-corrected chi connectivity index (χ4v) is 1.77. The van der Waals surface area contributed by atoms with Crippen molar-refractivity contribution in [3.05, 3.63) is 23.8 Å². The van der Waals surface area contributed by atoms with Crippen LogP contribution in [0.4, 0.5) is 0 Å². The zero-order chi connectivity index (χ0) is 13.0. The third-order valence-corrected chi connectivity index (χ3v) is 3.02. The zero-order valence-corrected chi connectivity index (χ0v) is 10.3. The van der Waals surface area contributed by atoms with Crippen molar-refractivity contribution < 1.29 is 23.8 Å². The lowest BCUT2D eigenvalue weighted by Gasteiger charge is -2.02. The molecule has 0 saturated carbocycles. The van der Waals surface area contributed by atoms with Gasteiger partial charge in [-0.25, -0.2) is 0 Å². The Bertz CT molecular complexity index is 499. The van der Waals surface area contributed by atoms with Crippen LogP contribution >= 0.6 is 7.60 Å². The highest BCUT2D eigenvalue weighted by Crippen LogP contribution is 2.33. The summed E-state index contributed by atoms with van der Waals surface area (Å²) in [5.41, 5.74) is 3.37. The lowest BCUT2D eigenvalue weighted by atomic mass is 10.2. The first kappa shape index (κ1) is 12.9. The Morgan fingerprint density at radius 2 is 2.17 bits per heavy atom. The maximum Gasteiger partial charge on any atom is 0.327 e. The van der Waals surface area contributed by atoms with Crippen LogP contribution in [0.5, 0.6) is 11.5 Å². The minimum absolute atomic E-state index is 0.116. The van der Waals surface area contributed by atoms with Crippen LogP contribution in [0.3, 0.4) is 0 Å². The number of nitrogens with one attached hydrogen (secondary N) is 1. The predicted molar refractivity (Wildman–Crippen MR) is 65.1 cm³/mol. The van der Waals surface area contributed by atoms with Gasteiger partial charge in [0.25, 0.3) is 0 Å². The first-order chi connectivity index (χ1) is 8.54. The third-order valence-electron chi connectivity index (χ3n) is 2.22. The van der Waals surface area contributed by atoms with Crippen molar-refractivity contribution in [2.24, 2.45) is 5.10 Å². The summed E-state index contributed by atoms with van der Waals surface area (Å²) in [5.74, 6) is 1.36.